The van der Waals surface area contributed by atoms with Crippen LogP contribution in [0, 0.1) is 0 Å². The highest BCUT2D eigenvalue weighted by Crippen LogP contribution is 2.10. The van der Waals surface area contributed by atoms with Gasteiger partial charge in [0, 0.05) is 25.0 Å². The molecule has 0 bridgehead atoms. The van der Waals surface area contributed by atoms with Crippen molar-refractivity contribution in [3.05, 3.63) is 30.4 Å². The maximum absolute atomic E-state index is 12.2. The van der Waals surface area contributed by atoms with E-state index in [1.54, 1.807) is 15.6 Å². The first-order valence-corrected chi connectivity index (χ1v) is 6.21. The fourth-order valence-electron chi connectivity index (χ4n) is 1.91. The summed E-state index contributed by atoms with van der Waals surface area (Å²) in [6.45, 7) is 5.05. The smallest absolute Gasteiger partial charge is 0.271 e. The molecule has 3 N–H and O–H groups in total. The molecule has 0 radical (unpaired) electrons. The van der Waals surface area contributed by atoms with Gasteiger partial charge in [0.25, 0.3) is 5.91 Å². The van der Waals surface area contributed by atoms with Crippen LogP contribution in [0.3, 0.4) is 0 Å². The molecule has 1 unspecified atom stereocenters. The average molecular weight is 262 g/mol. The molecule has 7 nitrogen and oxygen atoms in total. The monoisotopic (exact) mass is 262 g/mol. The fraction of sp³-hybridized carbons (Fsp3) is 0.417. The van der Waals surface area contributed by atoms with Crippen molar-refractivity contribution in [2.75, 3.05) is 5.73 Å². The topological polar surface area (TPSA) is 90.8 Å². The van der Waals surface area contributed by atoms with Crippen LogP contribution in [-0.4, -0.2) is 31.5 Å². The number of nitrogen functional groups attached to an aromatic ring is 1. The number of carbonyl (C=O) groups is 1. The molecule has 2 heterocycles. The summed E-state index contributed by atoms with van der Waals surface area (Å²) in [5.74, 6) is -0.212. The lowest BCUT2D eigenvalue weighted by Gasteiger charge is -2.14. The first kappa shape index (κ1) is 13.1. The first-order chi connectivity index (χ1) is 9.11. The van der Waals surface area contributed by atoms with Crippen molar-refractivity contribution in [2.45, 2.75) is 33.0 Å². The third kappa shape index (κ3) is 2.93. The van der Waals surface area contributed by atoms with E-state index in [2.05, 4.69) is 15.5 Å². The molecule has 7 heteroatoms. The number of nitrogens with zero attached hydrogens (tertiary/aromatic N) is 4. The van der Waals surface area contributed by atoms with Crippen molar-refractivity contribution >= 4 is 11.6 Å². The minimum absolute atomic E-state index is 0.0491. The maximum atomic E-state index is 12.2. The molecule has 0 aliphatic heterocycles. The summed E-state index contributed by atoms with van der Waals surface area (Å²) in [6.07, 6.45) is 5.06. The standard InChI is InChI=1S/C12H18N6O/c1-3-18-11(10(13)7-15-18)12(19)16-9(2)8-17-6-4-5-14-17/h4-7,9H,3,8,13H2,1-2H3,(H,16,19). The molecule has 0 fully saturated rings. The highest BCUT2D eigenvalue weighted by atomic mass is 16.2. The molecule has 0 aromatic carbocycles. The Bertz CT molecular complexity index is 545. The Labute approximate surface area is 111 Å². The van der Waals surface area contributed by atoms with Crippen LogP contribution >= 0.6 is 0 Å². The molecule has 2 rings (SSSR count). The molecule has 0 aliphatic rings. The summed E-state index contributed by atoms with van der Waals surface area (Å²) in [6, 6.07) is 1.80. The van der Waals surface area contributed by atoms with E-state index in [-0.39, 0.29) is 11.9 Å². The molecule has 2 aromatic heterocycles. The van der Waals surface area contributed by atoms with Crippen molar-refractivity contribution in [1.29, 1.82) is 0 Å². The lowest BCUT2D eigenvalue weighted by atomic mass is 10.3. The Morgan fingerprint density at radius 1 is 1.53 bits per heavy atom. The van der Waals surface area contributed by atoms with Gasteiger partial charge in [0.2, 0.25) is 0 Å². The predicted octanol–water partition coefficient (Wildman–Crippen LogP) is 0.500. The molecule has 0 saturated heterocycles. The zero-order valence-electron chi connectivity index (χ0n) is 11.1. The summed E-state index contributed by atoms with van der Waals surface area (Å²) in [5.41, 5.74) is 6.57. The van der Waals surface area contributed by atoms with Gasteiger partial charge in [0.1, 0.15) is 5.69 Å². The zero-order chi connectivity index (χ0) is 13.8. The van der Waals surface area contributed by atoms with Crippen molar-refractivity contribution in [3.8, 4) is 0 Å². The van der Waals surface area contributed by atoms with E-state index in [1.165, 1.54) is 6.20 Å². The highest BCUT2D eigenvalue weighted by molar-refractivity contribution is 5.97. The van der Waals surface area contributed by atoms with Gasteiger partial charge in [0.15, 0.2) is 0 Å². The number of aromatic nitrogens is 4. The number of hydrogen-bond donors (Lipinski definition) is 2. The van der Waals surface area contributed by atoms with E-state index in [1.807, 2.05) is 26.1 Å². The lowest BCUT2D eigenvalue weighted by Crippen LogP contribution is -2.37. The third-order valence-corrected chi connectivity index (χ3v) is 2.78. The first-order valence-electron chi connectivity index (χ1n) is 6.21. The number of carbonyl (C=O) groups excluding carboxylic acids is 1. The van der Waals surface area contributed by atoms with E-state index in [0.717, 1.165) is 0 Å². The predicted molar refractivity (Wildman–Crippen MR) is 71.5 cm³/mol. The van der Waals surface area contributed by atoms with Gasteiger partial charge in [0.05, 0.1) is 18.4 Å². The van der Waals surface area contributed by atoms with Gasteiger partial charge in [-0.05, 0) is 19.9 Å². The van der Waals surface area contributed by atoms with Crippen LogP contribution in [0.2, 0.25) is 0 Å². The number of rotatable bonds is 5. The number of nitrogens with one attached hydrogen (secondary N) is 1. The van der Waals surface area contributed by atoms with E-state index in [0.29, 0.717) is 24.5 Å². The normalized spacial score (nSPS) is 12.3. The summed E-state index contributed by atoms with van der Waals surface area (Å²) in [4.78, 5) is 12.2. The van der Waals surface area contributed by atoms with Crippen molar-refractivity contribution < 1.29 is 4.79 Å². The molecule has 0 spiro atoms. The SMILES string of the molecule is CCn1ncc(N)c1C(=O)NC(C)Cn1cccn1. The van der Waals surface area contributed by atoms with E-state index in [9.17, 15) is 4.79 Å². The Hall–Kier alpha value is -2.31. The molecule has 102 valence electrons. The maximum Gasteiger partial charge on any atom is 0.271 e. The average Bonchev–Trinajstić information content (AvgIpc) is 2.98. The molecule has 1 amide bonds. The number of amides is 1. The number of nitrogens with two attached hydrogens (primary N) is 1. The summed E-state index contributed by atoms with van der Waals surface area (Å²) >= 11 is 0. The Morgan fingerprint density at radius 2 is 2.32 bits per heavy atom. The molecular formula is C12H18N6O. The second-order valence-corrected chi connectivity index (χ2v) is 4.37. The second-order valence-electron chi connectivity index (χ2n) is 4.37. The van der Waals surface area contributed by atoms with Crippen molar-refractivity contribution in [1.82, 2.24) is 24.9 Å². The fourth-order valence-corrected chi connectivity index (χ4v) is 1.91. The van der Waals surface area contributed by atoms with E-state index < -0.39 is 0 Å². The molecule has 19 heavy (non-hydrogen) atoms. The second kappa shape index (κ2) is 5.55. The third-order valence-electron chi connectivity index (χ3n) is 2.78. The number of anilines is 1. The van der Waals surface area contributed by atoms with Crippen LogP contribution < -0.4 is 11.1 Å². The summed E-state index contributed by atoms with van der Waals surface area (Å²) < 4.78 is 3.36. The zero-order valence-corrected chi connectivity index (χ0v) is 11.1. The minimum atomic E-state index is -0.212. The minimum Gasteiger partial charge on any atom is -0.396 e. The Morgan fingerprint density at radius 3 is 2.95 bits per heavy atom. The number of aryl methyl sites for hydroxylation is 1. The largest absolute Gasteiger partial charge is 0.396 e. The van der Waals surface area contributed by atoms with E-state index >= 15 is 0 Å². The molecule has 0 saturated carbocycles. The van der Waals surface area contributed by atoms with Crippen molar-refractivity contribution in [3.63, 3.8) is 0 Å². The van der Waals surface area contributed by atoms with Gasteiger partial charge >= 0.3 is 0 Å². The van der Waals surface area contributed by atoms with Gasteiger partial charge in [-0.3, -0.25) is 14.2 Å². The van der Waals surface area contributed by atoms with Crippen LogP contribution in [-0.2, 0) is 13.1 Å². The van der Waals surface area contributed by atoms with Gasteiger partial charge in [-0.1, -0.05) is 0 Å². The summed E-state index contributed by atoms with van der Waals surface area (Å²) in [5, 5.41) is 11.0. The van der Waals surface area contributed by atoms with Crippen LogP contribution in [0.5, 0.6) is 0 Å². The molecule has 1 atom stereocenters. The van der Waals surface area contributed by atoms with Crippen LogP contribution in [0.1, 0.15) is 24.3 Å². The van der Waals surface area contributed by atoms with Crippen LogP contribution in [0.25, 0.3) is 0 Å². The Kier molecular flexibility index (Phi) is 3.84. The van der Waals surface area contributed by atoms with Gasteiger partial charge in [-0.15, -0.1) is 0 Å². The molecule has 2 aromatic rings. The number of hydrogen-bond acceptors (Lipinski definition) is 4. The van der Waals surface area contributed by atoms with Crippen LogP contribution in [0.15, 0.2) is 24.7 Å². The molecular weight excluding hydrogens is 244 g/mol. The summed E-state index contributed by atoms with van der Waals surface area (Å²) in [7, 11) is 0. The van der Waals surface area contributed by atoms with Gasteiger partial charge < -0.3 is 11.1 Å². The molecule has 0 aliphatic carbocycles. The van der Waals surface area contributed by atoms with Gasteiger partial charge in [-0.25, -0.2) is 0 Å². The van der Waals surface area contributed by atoms with E-state index in [4.69, 9.17) is 5.73 Å². The Balaban J connectivity index is 2.02. The lowest BCUT2D eigenvalue weighted by molar-refractivity contribution is 0.0926. The van der Waals surface area contributed by atoms with Gasteiger partial charge in [-0.2, -0.15) is 10.2 Å². The van der Waals surface area contributed by atoms with Crippen molar-refractivity contribution in [2.24, 2.45) is 0 Å². The van der Waals surface area contributed by atoms with Crippen LogP contribution in [0.4, 0.5) is 5.69 Å². The quantitative estimate of drug-likeness (QED) is 0.821. The highest BCUT2D eigenvalue weighted by Gasteiger charge is 2.18.